The van der Waals surface area contributed by atoms with Crippen LogP contribution in [0.3, 0.4) is 0 Å². The number of aliphatic carboxylic acids is 1. The highest BCUT2D eigenvalue weighted by Gasteiger charge is 2.35. The lowest BCUT2D eigenvalue weighted by Gasteiger charge is -2.21. The van der Waals surface area contributed by atoms with E-state index in [0.29, 0.717) is 25.8 Å². The molecule has 1 aliphatic carbocycles. The molecular weight excluding hydrogens is 244 g/mol. The molecule has 2 atom stereocenters. The largest absolute Gasteiger partial charge is 0.481 e. The lowest BCUT2D eigenvalue weighted by molar-refractivity contribution is -0.141. The molecule has 1 heterocycles. The minimum atomic E-state index is -0.787. The highest BCUT2D eigenvalue weighted by atomic mass is 16.4. The standard InChI is InChI=1S/C14H18N2O3/c1-16(9-10-3-2-6-15-8-10)13(17)11-4-5-12(7-11)14(18)19/h2-3,6,8,11-12H,4-5,7,9H2,1H3,(H,18,19)/t11-,12+/m1/s1. The smallest absolute Gasteiger partial charge is 0.306 e. The Morgan fingerprint density at radius 2 is 2.16 bits per heavy atom. The first kappa shape index (κ1) is 13.5. The van der Waals surface area contributed by atoms with Crippen molar-refractivity contribution in [3.63, 3.8) is 0 Å². The Morgan fingerprint density at radius 1 is 1.42 bits per heavy atom. The van der Waals surface area contributed by atoms with Gasteiger partial charge in [-0.2, -0.15) is 0 Å². The Kier molecular flexibility index (Phi) is 4.14. The highest BCUT2D eigenvalue weighted by Crippen LogP contribution is 2.32. The van der Waals surface area contributed by atoms with Gasteiger partial charge in [0.15, 0.2) is 0 Å². The fraction of sp³-hybridized carbons (Fsp3) is 0.500. The van der Waals surface area contributed by atoms with Crippen molar-refractivity contribution >= 4 is 11.9 Å². The van der Waals surface area contributed by atoms with Crippen LogP contribution >= 0.6 is 0 Å². The lowest BCUT2D eigenvalue weighted by Crippen LogP contribution is -2.31. The molecule has 102 valence electrons. The second-order valence-corrected chi connectivity index (χ2v) is 5.10. The summed E-state index contributed by atoms with van der Waals surface area (Å²) in [5.41, 5.74) is 0.978. The monoisotopic (exact) mass is 262 g/mol. The number of rotatable bonds is 4. The van der Waals surface area contributed by atoms with Crippen molar-refractivity contribution in [3.8, 4) is 0 Å². The maximum absolute atomic E-state index is 12.2. The summed E-state index contributed by atoms with van der Waals surface area (Å²) < 4.78 is 0. The van der Waals surface area contributed by atoms with Crippen LogP contribution in [0.2, 0.25) is 0 Å². The molecule has 2 rings (SSSR count). The number of nitrogens with zero attached hydrogens (tertiary/aromatic N) is 2. The third-order valence-corrected chi connectivity index (χ3v) is 3.65. The predicted octanol–water partition coefficient (Wildman–Crippen LogP) is 1.54. The number of hydrogen-bond donors (Lipinski definition) is 1. The first-order valence-electron chi connectivity index (χ1n) is 6.44. The third kappa shape index (κ3) is 3.30. The van der Waals surface area contributed by atoms with Gasteiger partial charge in [0.2, 0.25) is 5.91 Å². The average Bonchev–Trinajstić information content (AvgIpc) is 2.88. The maximum Gasteiger partial charge on any atom is 0.306 e. The van der Waals surface area contributed by atoms with Crippen LogP contribution in [0.4, 0.5) is 0 Å². The van der Waals surface area contributed by atoms with Crippen molar-refractivity contribution in [2.75, 3.05) is 7.05 Å². The summed E-state index contributed by atoms with van der Waals surface area (Å²) in [6, 6.07) is 3.76. The van der Waals surface area contributed by atoms with Gasteiger partial charge in [-0.15, -0.1) is 0 Å². The summed E-state index contributed by atoms with van der Waals surface area (Å²) in [5.74, 6) is -1.26. The van der Waals surface area contributed by atoms with E-state index < -0.39 is 5.97 Å². The minimum Gasteiger partial charge on any atom is -0.481 e. The van der Waals surface area contributed by atoms with Gasteiger partial charge in [-0.3, -0.25) is 14.6 Å². The van der Waals surface area contributed by atoms with Gasteiger partial charge >= 0.3 is 5.97 Å². The molecule has 0 aromatic carbocycles. The number of carboxylic acid groups (broad SMARTS) is 1. The SMILES string of the molecule is CN(Cc1cccnc1)C(=O)[C@@H]1CC[C@H](C(=O)O)C1. The second kappa shape index (κ2) is 5.82. The van der Waals surface area contributed by atoms with Crippen LogP contribution in [0.25, 0.3) is 0 Å². The summed E-state index contributed by atoms with van der Waals surface area (Å²) >= 11 is 0. The fourth-order valence-electron chi connectivity index (χ4n) is 2.59. The van der Waals surface area contributed by atoms with Crippen molar-refractivity contribution in [3.05, 3.63) is 30.1 Å². The molecule has 1 aliphatic rings. The van der Waals surface area contributed by atoms with E-state index in [4.69, 9.17) is 5.11 Å². The van der Waals surface area contributed by atoms with Crippen LogP contribution in [0, 0.1) is 11.8 Å². The number of pyridine rings is 1. The van der Waals surface area contributed by atoms with Crippen LogP contribution in [0.5, 0.6) is 0 Å². The van der Waals surface area contributed by atoms with E-state index in [1.807, 2.05) is 12.1 Å². The summed E-state index contributed by atoms with van der Waals surface area (Å²) in [6.45, 7) is 0.515. The topological polar surface area (TPSA) is 70.5 Å². The van der Waals surface area contributed by atoms with Gasteiger partial charge in [0.05, 0.1) is 5.92 Å². The van der Waals surface area contributed by atoms with E-state index in [0.717, 1.165) is 5.56 Å². The molecule has 0 saturated heterocycles. The first-order valence-corrected chi connectivity index (χ1v) is 6.44. The van der Waals surface area contributed by atoms with E-state index in [1.165, 1.54) is 0 Å². The van der Waals surface area contributed by atoms with Crippen LogP contribution < -0.4 is 0 Å². The van der Waals surface area contributed by atoms with Gasteiger partial charge in [0, 0.05) is 31.9 Å². The molecule has 1 N–H and O–H groups in total. The van der Waals surface area contributed by atoms with Gasteiger partial charge in [-0.25, -0.2) is 0 Å². The molecular formula is C14H18N2O3. The fourth-order valence-corrected chi connectivity index (χ4v) is 2.59. The van der Waals surface area contributed by atoms with Crippen LogP contribution in [-0.4, -0.2) is 33.9 Å². The molecule has 1 amide bonds. The van der Waals surface area contributed by atoms with Gasteiger partial charge in [0.1, 0.15) is 0 Å². The number of aromatic nitrogens is 1. The Hall–Kier alpha value is -1.91. The molecule has 19 heavy (non-hydrogen) atoms. The van der Waals surface area contributed by atoms with Crippen molar-refractivity contribution < 1.29 is 14.7 Å². The number of carbonyl (C=O) groups is 2. The molecule has 1 saturated carbocycles. The minimum absolute atomic E-state index is 0.0348. The Balaban J connectivity index is 1.91. The highest BCUT2D eigenvalue weighted by molar-refractivity contribution is 5.80. The zero-order chi connectivity index (χ0) is 13.8. The molecule has 5 heteroatoms. The number of amides is 1. The van der Waals surface area contributed by atoms with E-state index in [2.05, 4.69) is 4.98 Å². The summed E-state index contributed by atoms with van der Waals surface area (Å²) in [7, 11) is 1.75. The number of hydrogen-bond acceptors (Lipinski definition) is 3. The van der Waals surface area contributed by atoms with Crippen molar-refractivity contribution in [2.24, 2.45) is 11.8 Å². The van der Waals surface area contributed by atoms with E-state index in [1.54, 1.807) is 24.3 Å². The predicted molar refractivity (Wildman–Crippen MR) is 69.2 cm³/mol. The Labute approximate surface area is 112 Å². The van der Waals surface area contributed by atoms with Crippen LogP contribution in [-0.2, 0) is 16.1 Å². The molecule has 0 aliphatic heterocycles. The van der Waals surface area contributed by atoms with Gasteiger partial charge in [-0.1, -0.05) is 6.07 Å². The van der Waals surface area contributed by atoms with Gasteiger partial charge in [-0.05, 0) is 30.9 Å². The summed E-state index contributed by atoms with van der Waals surface area (Å²) in [5, 5.41) is 8.95. The van der Waals surface area contributed by atoms with Crippen molar-refractivity contribution in [1.29, 1.82) is 0 Å². The maximum atomic E-state index is 12.2. The number of carboxylic acids is 1. The van der Waals surface area contributed by atoms with Crippen molar-refractivity contribution in [2.45, 2.75) is 25.8 Å². The van der Waals surface area contributed by atoms with Gasteiger partial charge in [0.25, 0.3) is 0 Å². The Morgan fingerprint density at radius 3 is 2.74 bits per heavy atom. The molecule has 0 spiro atoms. The quantitative estimate of drug-likeness (QED) is 0.893. The van der Waals surface area contributed by atoms with E-state index >= 15 is 0 Å². The molecule has 0 radical (unpaired) electrons. The normalized spacial score (nSPS) is 22.2. The second-order valence-electron chi connectivity index (χ2n) is 5.10. The first-order chi connectivity index (χ1) is 9.08. The number of carbonyl (C=O) groups excluding carboxylic acids is 1. The summed E-state index contributed by atoms with van der Waals surface area (Å²) in [6.07, 6.45) is 5.17. The van der Waals surface area contributed by atoms with E-state index in [9.17, 15) is 9.59 Å². The summed E-state index contributed by atoms with van der Waals surface area (Å²) in [4.78, 5) is 28.8. The zero-order valence-corrected chi connectivity index (χ0v) is 11.0. The lowest BCUT2D eigenvalue weighted by atomic mass is 10.0. The molecule has 1 fully saturated rings. The molecule has 1 aromatic rings. The molecule has 0 bridgehead atoms. The van der Waals surface area contributed by atoms with Crippen molar-refractivity contribution in [1.82, 2.24) is 9.88 Å². The van der Waals surface area contributed by atoms with Gasteiger partial charge < -0.3 is 10.0 Å². The van der Waals surface area contributed by atoms with E-state index in [-0.39, 0.29) is 17.7 Å². The molecule has 0 unspecified atom stereocenters. The zero-order valence-electron chi connectivity index (χ0n) is 11.0. The molecule has 1 aromatic heterocycles. The molecule has 5 nitrogen and oxygen atoms in total. The van der Waals surface area contributed by atoms with Crippen LogP contribution in [0.15, 0.2) is 24.5 Å². The third-order valence-electron chi connectivity index (χ3n) is 3.65. The Bertz CT molecular complexity index is 461. The average molecular weight is 262 g/mol. The van der Waals surface area contributed by atoms with Crippen LogP contribution in [0.1, 0.15) is 24.8 Å².